The van der Waals surface area contributed by atoms with Crippen LogP contribution in [0, 0.1) is 0 Å². The van der Waals surface area contributed by atoms with Crippen LogP contribution in [0.4, 0.5) is 0 Å². The molecule has 0 radical (unpaired) electrons. The van der Waals surface area contributed by atoms with Crippen LogP contribution in [-0.4, -0.2) is 48.7 Å². The summed E-state index contributed by atoms with van der Waals surface area (Å²) in [7, 11) is 3.61. The summed E-state index contributed by atoms with van der Waals surface area (Å²) in [6.45, 7) is 4.74. The van der Waals surface area contributed by atoms with E-state index in [1.54, 1.807) is 11.9 Å². The van der Waals surface area contributed by atoms with Gasteiger partial charge in [-0.25, -0.2) is 0 Å². The molecular weight excluding hydrogens is 192 g/mol. The highest BCUT2D eigenvalue weighted by Crippen LogP contribution is 2.07. The number of aliphatic hydroxyl groups is 1. The molecule has 0 fully saturated rings. The topological polar surface area (TPSA) is 52.6 Å². The van der Waals surface area contributed by atoms with Crippen LogP contribution >= 0.6 is 0 Å². The second-order valence-corrected chi connectivity index (χ2v) is 4.39. The molecule has 1 amide bonds. The Morgan fingerprint density at radius 2 is 1.93 bits per heavy atom. The molecule has 0 heterocycles. The molecule has 0 aliphatic heterocycles. The normalized spacial score (nSPS) is 11.5. The molecule has 0 unspecified atom stereocenters. The minimum Gasteiger partial charge on any atom is -0.396 e. The molecule has 0 spiro atoms. The first kappa shape index (κ1) is 14.4. The van der Waals surface area contributed by atoms with Crippen molar-refractivity contribution in [3.05, 3.63) is 0 Å². The van der Waals surface area contributed by atoms with Crippen molar-refractivity contribution in [2.45, 2.75) is 38.6 Å². The van der Waals surface area contributed by atoms with Crippen molar-refractivity contribution in [3.63, 3.8) is 0 Å². The van der Waals surface area contributed by atoms with Crippen LogP contribution < -0.4 is 5.32 Å². The van der Waals surface area contributed by atoms with Gasteiger partial charge >= 0.3 is 0 Å². The standard InChI is InChI=1S/C11H24N2O2/c1-11(2,12-3)10(15)13(4)8-6-5-7-9-14/h12,14H,5-9H2,1-4H3. The van der Waals surface area contributed by atoms with Crippen LogP contribution in [0.3, 0.4) is 0 Å². The average molecular weight is 216 g/mol. The minimum absolute atomic E-state index is 0.106. The third kappa shape index (κ3) is 5.14. The lowest BCUT2D eigenvalue weighted by atomic mass is 10.0. The van der Waals surface area contributed by atoms with Gasteiger partial charge in [-0.1, -0.05) is 0 Å². The van der Waals surface area contributed by atoms with E-state index in [2.05, 4.69) is 5.32 Å². The third-order valence-corrected chi connectivity index (χ3v) is 2.66. The minimum atomic E-state index is -0.494. The van der Waals surface area contributed by atoms with E-state index in [0.717, 1.165) is 25.8 Å². The maximum atomic E-state index is 11.9. The Labute approximate surface area is 92.7 Å². The van der Waals surface area contributed by atoms with Crippen molar-refractivity contribution in [1.82, 2.24) is 10.2 Å². The van der Waals surface area contributed by atoms with Gasteiger partial charge in [-0.05, 0) is 40.2 Å². The second-order valence-electron chi connectivity index (χ2n) is 4.39. The second kappa shape index (κ2) is 6.80. The Morgan fingerprint density at radius 3 is 2.40 bits per heavy atom. The molecule has 0 aliphatic carbocycles. The molecule has 90 valence electrons. The van der Waals surface area contributed by atoms with Crippen LogP contribution in [0.15, 0.2) is 0 Å². The maximum absolute atomic E-state index is 11.9. The van der Waals surface area contributed by atoms with Gasteiger partial charge in [-0.15, -0.1) is 0 Å². The molecule has 0 aromatic heterocycles. The van der Waals surface area contributed by atoms with Crippen molar-refractivity contribution in [2.75, 3.05) is 27.2 Å². The number of amides is 1. The summed E-state index contributed by atoms with van der Waals surface area (Å²) in [6, 6.07) is 0. The largest absolute Gasteiger partial charge is 0.396 e. The van der Waals surface area contributed by atoms with E-state index in [0.29, 0.717) is 0 Å². The SMILES string of the molecule is CNC(C)(C)C(=O)N(C)CCCCCO. The molecular formula is C11H24N2O2. The molecule has 4 nitrogen and oxygen atoms in total. The number of hydrogen-bond acceptors (Lipinski definition) is 3. The van der Waals surface area contributed by atoms with Crippen LogP contribution in [0.25, 0.3) is 0 Å². The van der Waals surface area contributed by atoms with E-state index < -0.39 is 5.54 Å². The van der Waals surface area contributed by atoms with Gasteiger partial charge in [0.2, 0.25) is 5.91 Å². The van der Waals surface area contributed by atoms with Crippen LogP contribution in [-0.2, 0) is 4.79 Å². The molecule has 4 heteroatoms. The van der Waals surface area contributed by atoms with Crippen LogP contribution in [0.5, 0.6) is 0 Å². The number of nitrogens with one attached hydrogen (secondary N) is 1. The van der Waals surface area contributed by atoms with Crippen molar-refractivity contribution in [2.24, 2.45) is 0 Å². The average Bonchev–Trinajstić information content (AvgIpc) is 2.23. The Bertz CT molecular complexity index is 193. The van der Waals surface area contributed by atoms with Crippen molar-refractivity contribution >= 4 is 5.91 Å². The molecule has 0 aliphatic rings. The zero-order chi connectivity index (χ0) is 11.9. The first-order valence-corrected chi connectivity index (χ1v) is 5.51. The molecule has 0 aromatic carbocycles. The van der Waals surface area contributed by atoms with E-state index in [4.69, 9.17) is 5.11 Å². The fraction of sp³-hybridized carbons (Fsp3) is 0.909. The Morgan fingerprint density at radius 1 is 1.33 bits per heavy atom. The number of carbonyl (C=O) groups is 1. The van der Waals surface area contributed by atoms with Crippen LogP contribution in [0.2, 0.25) is 0 Å². The predicted octanol–water partition coefficient (Wildman–Crippen LogP) is 0.605. The number of unbranched alkanes of at least 4 members (excludes halogenated alkanes) is 2. The number of hydrogen-bond donors (Lipinski definition) is 2. The third-order valence-electron chi connectivity index (χ3n) is 2.66. The van der Waals surface area contributed by atoms with Gasteiger partial charge in [-0.2, -0.15) is 0 Å². The smallest absolute Gasteiger partial charge is 0.242 e. The monoisotopic (exact) mass is 216 g/mol. The van der Waals surface area contributed by atoms with Gasteiger partial charge in [0.25, 0.3) is 0 Å². The van der Waals surface area contributed by atoms with E-state index in [1.165, 1.54) is 0 Å². The Balaban J connectivity index is 3.89. The summed E-state index contributed by atoms with van der Waals surface area (Å²) in [5.74, 6) is 0.106. The summed E-state index contributed by atoms with van der Waals surface area (Å²) in [5.41, 5.74) is -0.494. The summed E-state index contributed by atoms with van der Waals surface area (Å²) in [6.07, 6.45) is 2.73. The lowest BCUT2D eigenvalue weighted by Crippen LogP contribution is -2.51. The summed E-state index contributed by atoms with van der Waals surface area (Å²) in [5, 5.41) is 11.6. The highest BCUT2D eigenvalue weighted by atomic mass is 16.2. The number of carbonyl (C=O) groups excluding carboxylic acids is 1. The highest BCUT2D eigenvalue weighted by molar-refractivity contribution is 5.85. The summed E-state index contributed by atoms with van der Waals surface area (Å²) >= 11 is 0. The summed E-state index contributed by atoms with van der Waals surface area (Å²) in [4.78, 5) is 13.6. The van der Waals surface area contributed by atoms with Gasteiger partial charge in [-0.3, -0.25) is 4.79 Å². The molecule has 15 heavy (non-hydrogen) atoms. The first-order chi connectivity index (χ1) is 6.95. The number of likely N-dealkylation sites (N-methyl/N-ethyl adjacent to an activating group) is 2. The molecule has 0 saturated heterocycles. The highest BCUT2D eigenvalue weighted by Gasteiger charge is 2.27. The van der Waals surface area contributed by atoms with E-state index in [-0.39, 0.29) is 12.5 Å². The van der Waals surface area contributed by atoms with Crippen molar-refractivity contribution < 1.29 is 9.90 Å². The van der Waals surface area contributed by atoms with E-state index >= 15 is 0 Å². The van der Waals surface area contributed by atoms with Crippen LogP contribution in [0.1, 0.15) is 33.1 Å². The van der Waals surface area contributed by atoms with Gasteiger partial charge in [0, 0.05) is 20.2 Å². The van der Waals surface area contributed by atoms with Crippen molar-refractivity contribution in [1.29, 1.82) is 0 Å². The fourth-order valence-electron chi connectivity index (χ4n) is 1.32. The van der Waals surface area contributed by atoms with Crippen molar-refractivity contribution in [3.8, 4) is 0 Å². The maximum Gasteiger partial charge on any atom is 0.242 e. The predicted molar refractivity (Wildman–Crippen MR) is 61.7 cm³/mol. The first-order valence-electron chi connectivity index (χ1n) is 5.51. The van der Waals surface area contributed by atoms with Gasteiger partial charge in [0.15, 0.2) is 0 Å². The lowest BCUT2D eigenvalue weighted by Gasteiger charge is -2.29. The quantitative estimate of drug-likeness (QED) is 0.613. The van der Waals surface area contributed by atoms with Gasteiger partial charge < -0.3 is 15.3 Å². The molecule has 0 aromatic rings. The fourth-order valence-corrected chi connectivity index (χ4v) is 1.32. The molecule has 0 rings (SSSR count). The zero-order valence-corrected chi connectivity index (χ0v) is 10.3. The molecule has 2 N–H and O–H groups in total. The van der Waals surface area contributed by atoms with Gasteiger partial charge in [0.1, 0.15) is 0 Å². The number of rotatable bonds is 7. The number of nitrogens with zero attached hydrogens (tertiary/aromatic N) is 1. The van der Waals surface area contributed by atoms with E-state index in [1.807, 2.05) is 20.9 Å². The molecule has 0 atom stereocenters. The van der Waals surface area contributed by atoms with Gasteiger partial charge in [0.05, 0.1) is 5.54 Å². The zero-order valence-electron chi connectivity index (χ0n) is 10.3. The molecule has 0 bridgehead atoms. The Hall–Kier alpha value is -0.610. The summed E-state index contributed by atoms with van der Waals surface area (Å²) < 4.78 is 0. The number of aliphatic hydroxyl groups excluding tert-OH is 1. The van der Waals surface area contributed by atoms with E-state index in [9.17, 15) is 4.79 Å². The molecule has 0 saturated carbocycles. The lowest BCUT2D eigenvalue weighted by molar-refractivity contribution is -0.135. The Kier molecular flexibility index (Phi) is 6.52.